The normalized spacial score (nSPS) is 12.6. The highest BCUT2D eigenvalue weighted by molar-refractivity contribution is 6.30. The van der Waals surface area contributed by atoms with E-state index < -0.39 is 35.2 Å². The van der Waals surface area contributed by atoms with Gasteiger partial charge >= 0.3 is 6.18 Å². The molecular weight excluding hydrogens is 474 g/mol. The van der Waals surface area contributed by atoms with E-state index in [1.54, 1.807) is 30.7 Å². The van der Waals surface area contributed by atoms with Gasteiger partial charge in [0, 0.05) is 16.3 Å². The number of aromatic nitrogens is 4. The summed E-state index contributed by atoms with van der Waals surface area (Å²) in [6, 6.07) is 10.7. The lowest BCUT2D eigenvalue weighted by Crippen LogP contribution is -2.29. The highest BCUT2D eigenvalue weighted by Crippen LogP contribution is 2.34. The molecule has 0 saturated carbocycles. The van der Waals surface area contributed by atoms with Crippen molar-refractivity contribution in [3.63, 3.8) is 0 Å². The van der Waals surface area contributed by atoms with Crippen LogP contribution in [-0.2, 0) is 6.18 Å². The Balaban J connectivity index is 1.63. The second kappa shape index (κ2) is 8.94. The van der Waals surface area contributed by atoms with Crippen molar-refractivity contribution in [1.82, 2.24) is 24.9 Å². The fourth-order valence-electron chi connectivity index (χ4n) is 3.63. The number of nitrogens with one attached hydrogen (secondary N) is 1. The van der Waals surface area contributed by atoms with Gasteiger partial charge in [-0.3, -0.25) is 4.79 Å². The molecule has 1 atom stereocenters. The average Bonchev–Trinajstić information content (AvgIpc) is 3.39. The zero-order valence-corrected chi connectivity index (χ0v) is 18.7. The third-order valence-corrected chi connectivity index (χ3v) is 5.50. The summed E-state index contributed by atoms with van der Waals surface area (Å²) in [5.74, 6) is -1.34. The summed E-state index contributed by atoms with van der Waals surface area (Å²) >= 11 is 5.91. The Kier molecular flexibility index (Phi) is 6.18. The summed E-state index contributed by atoms with van der Waals surface area (Å²) in [5, 5.41) is 10.9. The highest BCUT2D eigenvalue weighted by atomic mass is 35.5. The smallest absolute Gasteiger partial charge is 0.345 e. The van der Waals surface area contributed by atoms with Gasteiger partial charge in [-0.2, -0.15) is 23.4 Å². The predicted molar refractivity (Wildman–Crippen MR) is 118 cm³/mol. The van der Waals surface area contributed by atoms with Crippen molar-refractivity contribution >= 4 is 17.5 Å². The van der Waals surface area contributed by atoms with Gasteiger partial charge in [-0.1, -0.05) is 17.7 Å². The first-order chi connectivity index (χ1) is 16.1. The predicted octanol–water partition coefficient (Wildman–Crippen LogP) is 5.67. The van der Waals surface area contributed by atoms with Crippen LogP contribution in [0.1, 0.15) is 40.3 Å². The molecule has 4 aromatic rings. The Morgan fingerprint density at radius 1 is 1.03 bits per heavy atom. The van der Waals surface area contributed by atoms with Crippen LogP contribution in [0.4, 0.5) is 17.6 Å². The maximum Gasteiger partial charge on any atom is 0.434 e. The largest absolute Gasteiger partial charge is 0.434 e. The van der Waals surface area contributed by atoms with Crippen molar-refractivity contribution in [3.8, 4) is 11.4 Å². The summed E-state index contributed by atoms with van der Waals surface area (Å²) < 4.78 is 57.2. The number of hydrogen-bond donors (Lipinski definition) is 1. The lowest BCUT2D eigenvalue weighted by Gasteiger charge is -2.16. The number of nitrogens with zero attached hydrogens (tertiary/aromatic N) is 4. The third kappa shape index (κ3) is 4.54. The van der Waals surface area contributed by atoms with E-state index in [0.717, 1.165) is 6.20 Å². The minimum atomic E-state index is -4.85. The zero-order chi connectivity index (χ0) is 24.6. The van der Waals surface area contributed by atoms with E-state index in [0.29, 0.717) is 21.6 Å². The van der Waals surface area contributed by atoms with Gasteiger partial charge in [0.2, 0.25) is 0 Å². The quantitative estimate of drug-likeness (QED) is 0.366. The zero-order valence-electron chi connectivity index (χ0n) is 17.9. The summed E-state index contributed by atoms with van der Waals surface area (Å²) in [6.45, 7) is 3.37. The van der Waals surface area contributed by atoms with Crippen molar-refractivity contribution in [2.75, 3.05) is 0 Å². The lowest BCUT2D eigenvalue weighted by atomic mass is 10.1. The minimum absolute atomic E-state index is 0.0725. The highest BCUT2D eigenvalue weighted by Gasteiger charge is 2.41. The summed E-state index contributed by atoms with van der Waals surface area (Å²) in [5.41, 5.74) is 0.0776. The van der Waals surface area contributed by atoms with Gasteiger partial charge in [-0.05, 0) is 56.3 Å². The molecule has 2 aromatic heterocycles. The topological polar surface area (TPSA) is 64.7 Å². The maximum atomic E-state index is 13.9. The second-order valence-corrected chi connectivity index (χ2v) is 8.00. The summed E-state index contributed by atoms with van der Waals surface area (Å²) in [7, 11) is 0. The van der Waals surface area contributed by atoms with E-state index in [-0.39, 0.29) is 10.7 Å². The molecule has 4 rings (SSSR count). The van der Waals surface area contributed by atoms with E-state index in [4.69, 9.17) is 11.6 Å². The van der Waals surface area contributed by atoms with Gasteiger partial charge in [0.15, 0.2) is 5.69 Å². The van der Waals surface area contributed by atoms with Gasteiger partial charge in [0.05, 0.1) is 35.4 Å². The maximum absolute atomic E-state index is 13.9. The molecule has 176 valence electrons. The van der Waals surface area contributed by atoms with E-state index in [1.165, 1.54) is 42.6 Å². The molecule has 1 amide bonds. The molecule has 11 heteroatoms. The van der Waals surface area contributed by atoms with E-state index in [2.05, 4.69) is 15.5 Å². The molecule has 34 heavy (non-hydrogen) atoms. The first-order valence-electron chi connectivity index (χ1n) is 10.1. The van der Waals surface area contributed by atoms with Crippen LogP contribution in [0.3, 0.4) is 0 Å². The Labute approximate surface area is 196 Å². The number of amides is 1. The molecule has 0 fully saturated rings. The monoisotopic (exact) mass is 491 g/mol. The van der Waals surface area contributed by atoms with Crippen molar-refractivity contribution < 1.29 is 22.4 Å². The molecule has 2 aromatic carbocycles. The Morgan fingerprint density at radius 2 is 1.71 bits per heavy atom. The number of benzene rings is 2. The van der Waals surface area contributed by atoms with Gasteiger partial charge in [0.1, 0.15) is 5.82 Å². The number of halogens is 5. The summed E-state index contributed by atoms with van der Waals surface area (Å²) in [6.07, 6.45) is -2.47. The fourth-order valence-corrected chi connectivity index (χ4v) is 3.82. The van der Waals surface area contributed by atoms with Crippen LogP contribution in [-0.4, -0.2) is 25.5 Å². The second-order valence-electron chi connectivity index (χ2n) is 7.56. The molecule has 0 spiro atoms. The van der Waals surface area contributed by atoms with Crippen molar-refractivity contribution in [2.24, 2.45) is 0 Å². The number of carbonyl (C=O) groups is 1. The Hall–Kier alpha value is -3.66. The van der Waals surface area contributed by atoms with Crippen molar-refractivity contribution in [2.45, 2.75) is 26.1 Å². The van der Waals surface area contributed by atoms with Crippen LogP contribution in [0.2, 0.25) is 5.02 Å². The van der Waals surface area contributed by atoms with Gasteiger partial charge < -0.3 is 5.32 Å². The molecule has 1 unspecified atom stereocenters. The van der Waals surface area contributed by atoms with Gasteiger partial charge in [-0.15, -0.1) is 0 Å². The lowest BCUT2D eigenvalue weighted by molar-refractivity contribution is -0.143. The molecule has 0 bridgehead atoms. The molecule has 0 radical (unpaired) electrons. The van der Waals surface area contributed by atoms with Gasteiger partial charge in [0.25, 0.3) is 5.91 Å². The molecule has 0 aliphatic rings. The molecule has 0 aliphatic heterocycles. The molecular formula is C23H18ClF4N5O. The van der Waals surface area contributed by atoms with Crippen molar-refractivity contribution in [1.29, 1.82) is 0 Å². The third-order valence-electron chi connectivity index (χ3n) is 5.27. The number of hydrogen-bond acceptors (Lipinski definition) is 3. The van der Waals surface area contributed by atoms with E-state index in [1.807, 2.05) is 0 Å². The number of rotatable bonds is 5. The van der Waals surface area contributed by atoms with Crippen LogP contribution in [0.5, 0.6) is 0 Å². The first-order valence-corrected chi connectivity index (χ1v) is 10.5. The summed E-state index contributed by atoms with van der Waals surface area (Å²) in [4.78, 5) is 12.9. The molecule has 0 aliphatic carbocycles. The molecule has 0 saturated heterocycles. The average molecular weight is 492 g/mol. The Bertz CT molecular complexity index is 1340. The van der Waals surface area contributed by atoms with E-state index in [9.17, 15) is 22.4 Å². The SMILES string of the molecule is Cc1c(C(C)NC(=O)c2cnn(-c3cccc(Cl)c3)c2C(F)(F)F)cnn1-c1ccc(F)cc1. The van der Waals surface area contributed by atoms with Crippen LogP contribution in [0.15, 0.2) is 60.9 Å². The molecule has 1 N–H and O–H groups in total. The van der Waals surface area contributed by atoms with Crippen LogP contribution in [0, 0.1) is 12.7 Å². The molecule has 2 heterocycles. The Morgan fingerprint density at radius 3 is 2.35 bits per heavy atom. The van der Waals surface area contributed by atoms with E-state index >= 15 is 0 Å². The van der Waals surface area contributed by atoms with Crippen LogP contribution in [0.25, 0.3) is 11.4 Å². The van der Waals surface area contributed by atoms with Gasteiger partial charge in [-0.25, -0.2) is 13.8 Å². The van der Waals surface area contributed by atoms with Crippen molar-refractivity contribution in [3.05, 3.63) is 94.3 Å². The van der Waals surface area contributed by atoms with Crippen LogP contribution >= 0.6 is 11.6 Å². The first kappa shape index (κ1) is 23.5. The number of alkyl halides is 3. The number of carbonyl (C=O) groups excluding carboxylic acids is 1. The standard InChI is InChI=1S/C23H18ClF4N5O/c1-13(19-11-29-32(14(19)2)17-8-6-16(25)7-9-17)31-22(34)20-12-30-33(21(20)23(26,27)28)18-5-3-4-15(24)10-18/h3-13H,1-2H3,(H,31,34). The molecule has 6 nitrogen and oxygen atoms in total. The minimum Gasteiger partial charge on any atom is -0.345 e. The fraction of sp³-hybridized carbons (Fsp3) is 0.174. The van der Waals surface area contributed by atoms with Crippen LogP contribution < -0.4 is 5.32 Å².